The molecule has 188 valence electrons. The first kappa shape index (κ1) is 25.5. The van der Waals surface area contributed by atoms with E-state index in [1.54, 1.807) is 11.1 Å². The molecular formula is C25H33N5O4S. The van der Waals surface area contributed by atoms with Gasteiger partial charge in [-0.2, -0.15) is 0 Å². The summed E-state index contributed by atoms with van der Waals surface area (Å²) in [5.41, 5.74) is 3.46. The third-order valence-corrected chi connectivity index (χ3v) is 6.90. The molecule has 1 saturated heterocycles. The van der Waals surface area contributed by atoms with Crippen LogP contribution in [0.5, 0.6) is 0 Å². The normalized spacial score (nSPS) is 16.0. The Hall–Kier alpha value is -2.63. The lowest BCUT2D eigenvalue weighted by Gasteiger charge is -2.35. The average molecular weight is 500 g/mol. The molecule has 1 aliphatic rings. The molecule has 1 unspecified atom stereocenters. The van der Waals surface area contributed by atoms with E-state index in [9.17, 15) is 9.35 Å². The van der Waals surface area contributed by atoms with E-state index in [0.29, 0.717) is 18.0 Å². The number of aromatic nitrogens is 2. The number of rotatable bonds is 7. The highest BCUT2D eigenvalue weighted by Crippen LogP contribution is 2.29. The molecule has 1 amide bonds. The summed E-state index contributed by atoms with van der Waals surface area (Å²) in [6.07, 6.45) is 1.53. The van der Waals surface area contributed by atoms with Gasteiger partial charge in [0.25, 0.3) is 0 Å². The van der Waals surface area contributed by atoms with Gasteiger partial charge in [-0.3, -0.25) is 4.90 Å². The SMILES string of the molecule is CC(C)(C)OC(=O)N1CCN(Cc2cc3c(-c4ccc([S+]([O-])NCCO)cc4)ccnc3[nH]2)CC1. The van der Waals surface area contributed by atoms with Gasteiger partial charge in [0, 0.05) is 50.0 Å². The van der Waals surface area contributed by atoms with Gasteiger partial charge < -0.3 is 24.3 Å². The Labute approximate surface area is 208 Å². The Bertz CT molecular complexity index is 1140. The van der Waals surface area contributed by atoms with Gasteiger partial charge in [0.05, 0.1) is 24.5 Å². The van der Waals surface area contributed by atoms with Crippen molar-refractivity contribution in [1.82, 2.24) is 24.5 Å². The number of aliphatic hydroxyl groups is 1. The standard InChI is InChI=1S/C25H33N5O4S/c1-25(2,3)34-24(32)30-13-11-29(12-14-30)17-19-16-22-21(8-9-26-23(22)28-19)18-4-6-20(7-5-18)35(33)27-10-15-31/h4-9,16,27,31H,10-15,17H2,1-3H3,(H,26,28). The first-order valence-corrected chi connectivity index (χ1v) is 12.9. The molecule has 1 aromatic carbocycles. The van der Waals surface area contributed by atoms with Gasteiger partial charge >= 0.3 is 6.09 Å². The minimum absolute atomic E-state index is 0.0614. The second kappa shape index (κ2) is 11.0. The maximum atomic E-state index is 12.3. The Balaban J connectivity index is 1.42. The van der Waals surface area contributed by atoms with Crippen molar-refractivity contribution in [2.75, 3.05) is 39.3 Å². The van der Waals surface area contributed by atoms with Crippen molar-refractivity contribution in [3.05, 3.63) is 48.3 Å². The maximum absolute atomic E-state index is 12.3. The molecule has 3 heterocycles. The molecule has 0 saturated carbocycles. The fourth-order valence-corrected chi connectivity index (χ4v) is 4.88. The molecule has 10 heteroatoms. The summed E-state index contributed by atoms with van der Waals surface area (Å²) in [5.74, 6) is 0. The molecule has 1 aliphatic heterocycles. The van der Waals surface area contributed by atoms with Crippen LogP contribution in [-0.2, 0) is 22.6 Å². The smallest absolute Gasteiger partial charge is 0.410 e. The number of H-pyrrole nitrogens is 1. The summed E-state index contributed by atoms with van der Waals surface area (Å²) in [7, 11) is 0. The second-order valence-electron chi connectivity index (χ2n) is 9.57. The van der Waals surface area contributed by atoms with Crippen molar-refractivity contribution in [1.29, 1.82) is 0 Å². The van der Waals surface area contributed by atoms with E-state index in [1.807, 2.05) is 51.1 Å². The zero-order valence-corrected chi connectivity index (χ0v) is 21.2. The molecule has 0 spiro atoms. The highest BCUT2D eigenvalue weighted by molar-refractivity contribution is 7.89. The minimum atomic E-state index is -1.35. The van der Waals surface area contributed by atoms with E-state index < -0.39 is 17.0 Å². The molecule has 1 fully saturated rings. The highest BCUT2D eigenvalue weighted by atomic mass is 32.2. The molecule has 1 atom stereocenters. The third kappa shape index (κ3) is 6.53. The Kier molecular flexibility index (Phi) is 7.98. The Morgan fingerprint density at radius 3 is 2.57 bits per heavy atom. The van der Waals surface area contributed by atoms with E-state index >= 15 is 0 Å². The summed E-state index contributed by atoms with van der Waals surface area (Å²) in [5, 5.41) is 9.93. The van der Waals surface area contributed by atoms with Crippen molar-refractivity contribution in [3.8, 4) is 11.1 Å². The van der Waals surface area contributed by atoms with Gasteiger partial charge in [0.2, 0.25) is 0 Å². The van der Waals surface area contributed by atoms with E-state index in [-0.39, 0.29) is 19.2 Å². The lowest BCUT2D eigenvalue weighted by atomic mass is 10.0. The predicted molar refractivity (Wildman–Crippen MR) is 136 cm³/mol. The molecular weight excluding hydrogens is 466 g/mol. The van der Waals surface area contributed by atoms with Crippen molar-refractivity contribution < 1.29 is 19.2 Å². The van der Waals surface area contributed by atoms with E-state index in [4.69, 9.17) is 9.84 Å². The number of hydrogen-bond donors (Lipinski definition) is 3. The monoisotopic (exact) mass is 499 g/mol. The van der Waals surface area contributed by atoms with E-state index in [2.05, 4.69) is 25.7 Å². The largest absolute Gasteiger partial charge is 0.593 e. The van der Waals surface area contributed by atoms with E-state index in [1.165, 1.54) is 0 Å². The molecule has 0 aliphatic carbocycles. The predicted octanol–water partition coefficient (Wildman–Crippen LogP) is 2.89. The van der Waals surface area contributed by atoms with Crippen molar-refractivity contribution in [2.24, 2.45) is 0 Å². The molecule has 9 nitrogen and oxygen atoms in total. The summed E-state index contributed by atoms with van der Waals surface area (Å²) in [6.45, 7) is 9.43. The minimum Gasteiger partial charge on any atom is -0.593 e. The van der Waals surface area contributed by atoms with Crippen LogP contribution in [-0.4, -0.2) is 80.5 Å². The van der Waals surface area contributed by atoms with Crippen LogP contribution in [0.2, 0.25) is 0 Å². The average Bonchev–Trinajstić information content (AvgIpc) is 3.24. The number of fused-ring (bicyclic) bond motifs is 1. The number of aliphatic hydroxyl groups excluding tert-OH is 1. The number of aromatic amines is 1. The van der Waals surface area contributed by atoms with Crippen LogP contribution in [0, 0.1) is 0 Å². The number of carbonyl (C=O) groups is 1. The number of amides is 1. The summed E-state index contributed by atoms with van der Waals surface area (Å²) < 4.78 is 20.5. The number of nitrogens with zero attached hydrogens (tertiary/aromatic N) is 3. The quantitative estimate of drug-likeness (QED) is 0.428. The van der Waals surface area contributed by atoms with Crippen LogP contribution < -0.4 is 4.72 Å². The van der Waals surface area contributed by atoms with Gasteiger partial charge in [-0.1, -0.05) is 0 Å². The third-order valence-electron chi connectivity index (χ3n) is 5.73. The lowest BCUT2D eigenvalue weighted by molar-refractivity contribution is 0.0138. The lowest BCUT2D eigenvalue weighted by Crippen LogP contribution is -2.49. The molecule has 35 heavy (non-hydrogen) atoms. The molecule has 3 aromatic rings. The zero-order valence-electron chi connectivity index (χ0n) is 20.4. The van der Waals surface area contributed by atoms with Crippen LogP contribution in [0.15, 0.2) is 47.5 Å². The molecule has 4 rings (SSSR count). The van der Waals surface area contributed by atoms with Crippen LogP contribution >= 0.6 is 0 Å². The zero-order chi connectivity index (χ0) is 25.0. The van der Waals surface area contributed by atoms with Gasteiger partial charge in [0.15, 0.2) is 4.90 Å². The second-order valence-corrected chi connectivity index (χ2v) is 10.9. The van der Waals surface area contributed by atoms with Gasteiger partial charge in [-0.05, 0) is 68.3 Å². The van der Waals surface area contributed by atoms with E-state index in [0.717, 1.165) is 47.5 Å². The summed E-state index contributed by atoms with van der Waals surface area (Å²) in [6, 6.07) is 11.7. The van der Waals surface area contributed by atoms with Gasteiger partial charge in [-0.15, -0.1) is 4.72 Å². The van der Waals surface area contributed by atoms with Crippen molar-refractivity contribution in [2.45, 2.75) is 37.8 Å². The topological polar surface area (TPSA) is 117 Å². The first-order chi connectivity index (χ1) is 16.7. The molecule has 2 aromatic heterocycles. The molecule has 0 radical (unpaired) electrons. The Morgan fingerprint density at radius 1 is 1.20 bits per heavy atom. The van der Waals surface area contributed by atoms with Crippen molar-refractivity contribution >= 4 is 28.5 Å². The molecule has 3 N–H and O–H groups in total. The number of benzene rings is 1. The first-order valence-electron chi connectivity index (χ1n) is 11.8. The fraction of sp³-hybridized carbons (Fsp3) is 0.440. The highest BCUT2D eigenvalue weighted by Gasteiger charge is 2.26. The Morgan fingerprint density at radius 2 is 1.91 bits per heavy atom. The van der Waals surface area contributed by atoms with Gasteiger partial charge in [-0.25, -0.2) is 9.78 Å². The van der Waals surface area contributed by atoms with Crippen LogP contribution in [0.3, 0.4) is 0 Å². The number of carbonyl (C=O) groups excluding carboxylic acids is 1. The number of piperazine rings is 1. The van der Waals surface area contributed by atoms with Crippen LogP contribution in [0.1, 0.15) is 26.5 Å². The van der Waals surface area contributed by atoms with Gasteiger partial charge in [0.1, 0.15) is 11.2 Å². The number of ether oxygens (including phenoxy) is 1. The summed E-state index contributed by atoms with van der Waals surface area (Å²) in [4.78, 5) is 25.0. The summed E-state index contributed by atoms with van der Waals surface area (Å²) >= 11 is -1.35. The number of hydrogen-bond acceptors (Lipinski definition) is 7. The maximum Gasteiger partial charge on any atom is 0.410 e. The van der Waals surface area contributed by atoms with Crippen molar-refractivity contribution in [3.63, 3.8) is 0 Å². The fourth-order valence-electron chi connectivity index (χ4n) is 4.05. The van der Waals surface area contributed by atoms with Crippen LogP contribution in [0.25, 0.3) is 22.2 Å². The number of nitrogens with one attached hydrogen (secondary N) is 2. The number of pyridine rings is 1. The van der Waals surface area contributed by atoms with Crippen LogP contribution in [0.4, 0.5) is 4.79 Å². The molecule has 0 bridgehead atoms.